The van der Waals surface area contributed by atoms with Gasteiger partial charge < -0.3 is 18.9 Å². The lowest BCUT2D eigenvalue weighted by Crippen LogP contribution is -2.43. The van der Waals surface area contributed by atoms with Gasteiger partial charge in [-0.1, -0.05) is 160 Å². The molecule has 0 atom stereocenters. The topological polar surface area (TPSA) is 105 Å². The Labute approximate surface area is 493 Å². The molecule has 0 amide bonds. The first-order chi connectivity index (χ1) is 37.2. The summed E-state index contributed by atoms with van der Waals surface area (Å²) in [6.45, 7) is 56.1. The lowest BCUT2D eigenvalue weighted by atomic mass is 9.81. The summed E-state index contributed by atoms with van der Waals surface area (Å²) in [5, 5.41) is 0. The van der Waals surface area contributed by atoms with Crippen molar-refractivity contribution in [2.75, 3.05) is 26.4 Å². The van der Waals surface area contributed by atoms with Gasteiger partial charge in [-0.3, -0.25) is 19.2 Å². The van der Waals surface area contributed by atoms with Gasteiger partial charge in [0.25, 0.3) is 0 Å². The Hall–Kier alpha value is -5.11. The molecule has 8 nitrogen and oxygen atoms in total. The molecule has 0 spiro atoms. The number of esters is 4. The van der Waals surface area contributed by atoms with Crippen LogP contribution < -0.4 is 0 Å². The van der Waals surface area contributed by atoms with Gasteiger partial charge in [0.1, 0.15) is 32.3 Å². The van der Waals surface area contributed by atoms with Crippen molar-refractivity contribution in [2.45, 2.75) is 250 Å². The highest BCUT2D eigenvalue weighted by Gasteiger charge is 2.55. The van der Waals surface area contributed by atoms with E-state index in [0.717, 1.165) is 35.1 Å². The van der Waals surface area contributed by atoms with Crippen molar-refractivity contribution in [3.05, 3.63) is 33.4 Å². The molecule has 1 aliphatic carbocycles. The van der Waals surface area contributed by atoms with Crippen molar-refractivity contribution in [1.29, 1.82) is 0 Å². The number of benzene rings is 1. The van der Waals surface area contributed by atoms with Crippen LogP contribution in [0.2, 0.25) is 72.5 Å². The molecule has 0 unspecified atom stereocenters. The summed E-state index contributed by atoms with van der Waals surface area (Å²) in [5.41, 5.74) is 20.5. The van der Waals surface area contributed by atoms with Gasteiger partial charge in [-0.05, 0) is 134 Å². The van der Waals surface area contributed by atoms with E-state index in [1.54, 1.807) is 27.7 Å². The molecular weight excluding hydrogens is 1060 g/mol. The smallest absolute Gasteiger partial charge is 0.325 e. The number of ether oxygens (including phenoxy) is 4. The van der Waals surface area contributed by atoms with Crippen LogP contribution in [0.4, 0.5) is 0 Å². The fourth-order valence-corrected chi connectivity index (χ4v) is 22.4. The predicted molar refractivity (Wildman–Crippen MR) is 346 cm³/mol. The van der Waals surface area contributed by atoms with Crippen LogP contribution in [0.15, 0.2) is 0 Å². The molecule has 0 aromatic heterocycles. The molecule has 0 saturated carbocycles. The second-order valence-corrected chi connectivity index (χ2v) is 45.2. The minimum Gasteiger partial charge on any atom is -0.465 e. The summed E-state index contributed by atoms with van der Waals surface area (Å²) < 4.78 is 21.6. The molecular formula is C68H104O8Si4. The van der Waals surface area contributed by atoms with Crippen molar-refractivity contribution < 1.29 is 38.1 Å². The average Bonchev–Trinajstić information content (AvgIpc) is 3.77. The van der Waals surface area contributed by atoms with Crippen molar-refractivity contribution in [3.63, 3.8) is 0 Å². The molecule has 12 heteroatoms. The van der Waals surface area contributed by atoms with Gasteiger partial charge >= 0.3 is 23.9 Å². The largest absolute Gasteiger partial charge is 0.465 e. The molecule has 1 aromatic rings. The average molecular weight is 1160 g/mol. The minimum atomic E-state index is -2.03. The van der Waals surface area contributed by atoms with E-state index in [4.69, 9.17) is 18.9 Å². The Morgan fingerprint density at radius 1 is 0.463 bits per heavy atom. The lowest BCUT2D eigenvalue weighted by molar-refractivity contribution is -0.173. The van der Waals surface area contributed by atoms with Crippen molar-refractivity contribution >= 4 is 56.2 Å². The highest BCUT2D eigenvalue weighted by molar-refractivity contribution is 6.91. The number of hydrogen-bond donors (Lipinski definition) is 0. The molecule has 0 aliphatic heterocycles. The monoisotopic (exact) mass is 1160 g/mol. The maximum atomic E-state index is 13.6. The first-order valence-corrected chi connectivity index (χ1v) is 40.9. The van der Waals surface area contributed by atoms with Crippen LogP contribution in [0.3, 0.4) is 0 Å². The SMILES string of the molecule is CC#CC.CCOC(=O)C(CC#CC#C[Si](C)(C)C)(CC#CC#C[Si](C(C)C)(C(C)C)C(C)C)C(=O)OCC.CCOC(=O)C1(C(=O)OCC)Cc2c(C#C[Si](C)(C)C)c(CC)c(CC)c(C#C[Si](C(C)C)(C(C)C)C(C)C)c2C1. The van der Waals surface area contributed by atoms with Crippen LogP contribution in [-0.4, -0.2) is 82.6 Å². The summed E-state index contributed by atoms with van der Waals surface area (Å²) in [7, 11) is -7.22. The number of hydrogen-bond acceptors (Lipinski definition) is 8. The third kappa shape index (κ3) is 19.8. The fraction of sp³-hybridized carbons (Fsp3) is 0.647. The zero-order valence-electron chi connectivity index (χ0n) is 54.8. The molecule has 1 aromatic carbocycles. The van der Waals surface area contributed by atoms with E-state index < -0.39 is 67.0 Å². The van der Waals surface area contributed by atoms with Crippen molar-refractivity contribution in [3.8, 4) is 81.4 Å². The highest BCUT2D eigenvalue weighted by atomic mass is 28.3. The third-order valence-corrected chi connectivity index (χ3v) is 29.3. The Kier molecular flexibility index (Phi) is 32.2. The van der Waals surface area contributed by atoms with Crippen LogP contribution in [0.25, 0.3) is 0 Å². The summed E-state index contributed by atoms with van der Waals surface area (Å²) in [6.07, 6.45) is 1.96. The zero-order valence-corrected chi connectivity index (χ0v) is 58.8. The Bertz CT molecular complexity index is 2650. The lowest BCUT2D eigenvalue weighted by Gasteiger charge is -2.38. The number of carbonyl (C=O) groups excluding carboxylic acids is 4. The molecule has 0 radical (unpaired) electrons. The van der Waals surface area contributed by atoms with E-state index in [9.17, 15) is 19.2 Å². The Balaban J connectivity index is 0.00000148. The molecule has 80 heavy (non-hydrogen) atoms. The van der Waals surface area contributed by atoms with Crippen LogP contribution in [0.5, 0.6) is 0 Å². The molecule has 0 saturated heterocycles. The Morgan fingerprint density at radius 2 is 0.775 bits per heavy atom. The van der Waals surface area contributed by atoms with E-state index in [1.807, 2.05) is 13.8 Å². The molecule has 2 rings (SSSR count). The van der Waals surface area contributed by atoms with E-state index in [0.29, 0.717) is 33.2 Å². The van der Waals surface area contributed by atoms with Gasteiger partial charge in [0.2, 0.25) is 0 Å². The number of fused-ring (bicyclic) bond motifs is 1. The summed E-state index contributed by atoms with van der Waals surface area (Å²) in [4.78, 5) is 53.2. The number of carbonyl (C=O) groups is 4. The Morgan fingerprint density at radius 3 is 1.06 bits per heavy atom. The molecule has 440 valence electrons. The fourth-order valence-electron chi connectivity index (χ4n) is 11.1. The molecule has 1 aliphatic rings. The van der Waals surface area contributed by atoms with E-state index in [2.05, 4.69) is 218 Å². The normalized spacial score (nSPS) is 12.4. The van der Waals surface area contributed by atoms with Gasteiger partial charge in [0.05, 0.1) is 26.4 Å². The molecule has 0 fully saturated rings. The van der Waals surface area contributed by atoms with Crippen LogP contribution in [0.1, 0.15) is 185 Å². The van der Waals surface area contributed by atoms with Gasteiger partial charge in [-0.2, -0.15) is 0 Å². The second-order valence-electron chi connectivity index (χ2n) is 24.5. The summed E-state index contributed by atoms with van der Waals surface area (Å²) >= 11 is 0. The predicted octanol–water partition coefficient (Wildman–Crippen LogP) is 14.8. The van der Waals surface area contributed by atoms with Gasteiger partial charge in [0, 0.05) is 36.8 Å². The summed E-state index contributed by atoms with van der Waals surface area (Å²) in [6, 6.07) is 0. The van der Waals surface area contributed by atoms with Crippen LogP contribution in [-0.2, 0) is 63.8 Å². The highest BCUT2D eigenvalue weighted by Crippen LogP contribution is 2.46. The molecule has 0 bridgehead atoms. The van der Waals surface area contributed by atoms with Gasteiger partial charge in [-0.25, -0.2) is 0 Å². The van der Waals surface area contributed by atoms with Crippen LogP contribution in [0, 0.1) is 92.2 Å². The molecule has 0 N–H and O–H groups in total. The molecule has 0 heterocycles. The van der Waals surface area contributed by atoms with Crippen molar-refractivity contribution in [2.24, 2.45) is 10.8 Å². The zero-order chi connectivity index (χ0) is 62.0. The summed E-state index contributed by atoms with van der Waals surface area (Å²) in [5.74, 6) is 27.8. The maximum absolute atomic E-state index is 13.6. The first kappa shape index (κ1) is 74.9. The quantitative estimate of drug-likeness (QED) is 0.0471. The standard InChI is InChI=1S/C35H54O4Si2.C29H44O4Si2.C4H6/c1-14-27-28(15-2)30(19-21-41(24(5)6,25(7)8)26(9)10)32-23-35(33(36)38-16-3,34(37)39-17-4)22-31(32)29(27)18-20-40(11,12)13;1-12-32-27(30)29(28(31)33-13-2,20-16-14-18-22-34(9,10)11)21-17-15-19-23-35(24(3)4,25(5)6)26(7)8;1-3-4-2/h24-26H,14-17,22-23H2,1-13H3;24-26H,12-13,20-21H2,1-11H3;1-2H3. The number of rotatable bonds is 18. The third-order valence-electron chi connectivity index (χ3n) is 15.0. The second kappa shape index (κ2) is 34.4. The van der Waals surface area contributed by atoms with E-state index in [-0.39, 0.29) is 52.1 Å². The minimum absolute atomic E-state index is 0.0736. The van der Waals surface area contributed by atoms with Gasteiger partial charge in [0.15, 0.2) is 10.8 Å². The van der Waals surface area contributed by atoms with Crippen LogP contribution >= 0.6 is 0 Å². The van der Waals surface area contributed by atoms with Gasteiger partial charge in [-0.15, -0.1) is 34.0 Å². The first-order valence-electron chi connectivity index (χ1n) is 29.5. The van der Waals surface area contributed by atoms with Crippen molar-refractivity contribution in [1.82, 2.24) is 0 Å². The van der Waals surface area contributed by atoms with E-state index >= 15 is 0 Å². The van der Waals surface area contributed by atoms with E-state index in [1.165, 1.54) is 11.1 Å². The maximum Gasteiger partial charge on any atom is 0.325 e.